The van der Waals surface area contributed by atoms with E-state index in [1.807, 2.05) is 42.5 Å². The lowest BCUT2D eigenvalue weighted by atomic mass is 10.1. The quantitative estimate of drug-likeness (QED) is 0.351. The summed E-state index contributed by atoms with van der Waals surface area (Å²) in [4.78, 5) is 20.1. The van der Waals surface area contributed by atoms with Crippen LogP contribution >= 0.6 is 0 Å². The van der Waals surface area contributed by atoms with E-state index in [9.17, 15) is 4.79 Å². The van der Waals surface area contributed by atoms with Gasteiger partial charge in [0.25, 0.3) is 5.91 Å². The van der Waals surface area contributed by atoms with E-state index in [0.29, 0.717) is 24.0 Å². The molecule has 1 unspecified atom stereocenters. The van der Waals surface area contributed by atoms with E-state index >= 15 is 0 Å². The minimum atomic E-state index is -0.173. The Morgan fingerprint density at radius 1 is 1.00 bits per heavy atom. The van der Waals surface area contributed by atoms with Crippen LogP contribution in [0.3, 0.4) is 0 Å². The first-order chi connectivity index (χ1) is 19.1. The number of likely N-dealkylation sites (N-methyl/N-ethyl adjacent to an activating group) is 1. The predicted molar refractivity (Wildman–Crippen MR) is 156 cm³/mol. The number of fused-ring (bicyclic) bond motifs is 1. The summed E-state index contributed by atoms with van der Waals surface area (Å²) in [6, 6.07) is 24.7. The number of aromatic nitrogens is 2. The van der Waals surface area contributed by atoms with Crippen LogP contribution in [0.25, 0.3) is 10.9 Å². The topological polar surface area (TPSA) is 76.7 Å². The minimum absolute atomic E-state index is 0.173. The fraction of sp³-hybridized carbons (Fsp3) is 0.355. The third-order valence-electron chi connectivity index (χ3n) is 7.93. The van der Waals surface area contributed by atoms with Crippen LogP contribution in [-0.2, 0) is 6.54 Å². The first-order valence-corrected chi connectivity index (χ1v) is 13.9. The molecule has 2 aliphatic heterocycles. The molecule has 1 amide bonds. The summed E-state index contributed by atoms with van der Waals surface area (Å²) in [5.74, 6) is 1.15. The normalized spacial score (nSPS) is 18.5. The molecule has 0 spiro atoms. The van der Waals surface area contributed by atoms with Crippen LogP contribution in [0.2, 0.25) is 0 Å². The van der Waals surface area contributed by atoms with E-state index in [0.717, 1.165) is 68.0 Å². The molecule has 1 aromatic heterocycles. The highest BCUT2D eigenvalue weighted by Crippen LogP contribution is 2.27. The average Bonchev–Trinajstić information content (AvgIpc) is 3.59. The summed E-state index contributed by atoms with van der Waals surface area (Å²) >= 11 is 0. The number of likely N-dealkylation sites (tertiary alicyclic amines) is 1. The maximum atomic E-state index is 12.9. The Bertz CT molecular complexity index is 1400. The second kappa shape index (κ2) is 11.5. The number of hydrogen-bond donors (Lipinski definition) is 2. The molecule has 2 fully saturated rings. The Balaban J connectivity index is 1.06. The smallest absolute Gasteiger partial charge is 0.256 e. The fourth-order valence-corrected chi connectivity index (χ4v) is 5.55. The highest BCUT2D eigenvalue weighted by atomic mass is 16.5. The molecule has 3 aromatic carbocycles. The third kappa shape index (κ3) is 5.92. The van der Waals surface area contributed by atoms with Crippen molar-refractivity contribution in [3.8, 4) is 5.75 Å². The summed E-state index contributed by atoms with van der Waals surface area (Å²) in [6.45, 7) is 6.81. The highest BCUT2D eigenvalue weighted by molar-refractivity contribution is 6.08. The molecule has 0 aliphatic carbocycles. The number of hydrogen-bond acceptors (Lipinski definition) is 6. The van der Waals surface area contributed by atoms with Gasteiger partial charge in [-0.1, -0.05) is 30.3 Å². The van der Waals surface area contributed by atoms with Gasteiger partial charge in [-0.05, 0) is 68.4 Å². The second-order valence-corrected chi connectivity index (χ2v) is 10.6. The number of piperazine rings is 1. The molecule has 4 aromatic rings. The van der Waals surface area contributed by atoms with Gasteiger partial charge >= 0.3 is 0 Å². The monoisotopic (exact) mass is 524 g/mol. The lowest BCUT2D eigenvalue weighted by Gasteiger charge is -2.34. The number of nitrogens with one attached hydrogen (secondary N) is 2. The van der Waals surface area contributed by atoms with Gasteiger partial charge in [-0.25, -0.2) is 0 Å². The van der Waals surface area contributed by atoms with Crippen molar-refractivity contribution < 1.29 is 9.53 Å². The van der Waals surface area contributed by atoms with Crippen LogP contribution in [0.4, 0.5) is 11.5 Å². The maximum absolute atomic E-state index is 12.9. The van der Waals surface area contributed by atoms with Crippen LogP contribution in [0.15, 0.2) is 72.8 Å². The van der Waals surface area contributed by atoms with Crippen molar-refractivity contribution in [3.05, 3.63) is 83.9 Å². The molecule has 202 valence electrons. The van der Waals surface area contributed by atoms with E-state index in [1.165, 1.54) is 12.0 Å². The molecule has 2 aliphatic rings. The lowest BCUT2D eigenvalue weighted by molar-refractivity contribution is 0.102. The number of nitrogens with zero attached hydrogens (tertiary/aromatic N) is 4. The number of anilines is 2. The molecule has 6 rings (SSSR count). The van der Waals surface area contributed by atoms with Crippen LogP contribution in [0.5, 0.6) is 5.75 Å². The number of carbonyl (C=O) groups excluding carboxylic acids is 1. The Kier molecular flexibility index (Phi) is 7.47. The van der Waals surface area contributed by atoms with E-state index in [4.69, 9.17) is 4.74 Å². The number of amides is 1. The number of ether oxygens (including phenoxy) is 1. The zero-order valence-corrected chi connectivity index (χ0v) is 22.5. The van der Waals surface area contributed by atoms with Crippen molar-refractivity contribution in [1.29, 1.82) is 0 Å². The van der Waals surface area contributed by atoms with Gasteiger partial charge in [0.15, 0.2) is 5.82 Å². The first-order valence-electron chi connectivity index (χ1n) is 13.9. The van der Waals surface area contributed by atoms with Crippen molar-refractivity contribution in [3.63, 3.8) is 0 Å². The molecule has 0 saturated carbocycles. The second-order valence-electron chi connectivity index (χ2n) is 10.6. The van der Waals surface area contributed by atoms with Gasteiger partial charge in [0.2, 0.25) is 0 Å². The predicted octanol–water partition coefficient (Wildman–Crippen LogP) is 4.61. The van der Waals surface area contributed by atoms with E-state index in [-0.39, 0.29) is 5.91 Å². The van der Waals surface area contributed by atoms with Gasteiger partial charge in [0, 0.05) is 61.5 Å². The lowest BCUT2D eigenvalue weighted by Crippen LogP contribution is -2.44. The average molecular weight is 525 g/mol. The van der Waals surface area contributed by atoms with Gasteiger partial charge in [-0.2, -0.15) is 5.10 Å². The molecule has 8 heteroatoms. The van der Waals surface area contributed by atoms with E-state index < -0.39 is 0 Å². The van der Waals surface area contributed by atoms with Crippen molar-refractivity contribution in [2.75, 3.05) is 56.6 Å². The largest absolute Gasteiger partial charge is 0.492 e. The van der Waals surface area contributed by atoms with Crippen LogP contribution in [0, 0.1) is 0 Å². The Morgan fingerprint density at radius 3 is 2.59 bits per heavy atom. The van der Waals surface area contributed by atoms with Crippen molar-refractivity contribution in [2.24, 2.45) is 0 Å². The molecule has 1 atom stereocenters. The van der Waals surface area contributed by atoms with Crippen LogP contribution in [-0.4, -0.2) is 78.3 Å². The van der Waals surface area contributed by atoms with Gasteiger partial charge in [-0.3, -0.25) is 14.8 Å². The van der Waals surface area contributed by atoms with Gasteiger partial charge < -0.3 is 19.9 Å². The summed E-state index contributed by atoms with van der Waals surface area (Å²) in [7, 11) is 2.15. The summed E-state index contributed by atoms with van der Waals surface area (Å²) in [5, 5.41) is 11.2. The molecule has 39 heavy (non-hydrogen) atoms. The Hall–Kier alpha value is -3.88. The number of aromatic amines is 1. The Morgan fingerprint density at radius 2 is 1.79 bits per heavy atom. The van der Waals surface area contributed by atoms with Crippen molar-refractivity contribution in [1.82, 2.24) is 20.0 Å². The summed E-state index contributed by atoms with van der Waals surface area (Å²) < 4.78 is 6.21. The van der Waals surface area contributed by atoms with Crippen molar-refractivity contribution in [2.45, 2.75) is 25.4 Å². The standard InChI is InChI=1S/C31H36N6O2/c1-35-16-18-36(19-17-35)25-11-9-24(10-12-25)31(38)32-30-28-14-13-27(20-29(28)33-34-30)39-22-26-8-5-15-37(26)21-23-6-3-2-4-7-23/h2-4,6-7,9-14,20,26H,5,8,15-19,21-22H2,1H3,(H2,32,33,34,38). The third-order valence-corrected chi connectivity index (χ3v) is 7.93. The zero-order valence-electron chi connectivity index (χ0n) is 22.5. The first kappa shape index (κ1) is 25.4. The molecular formula is C31H36N6O2. The Labute approximate surface area is 229 Å². The molecule has 8 nitrogen and oxygen atoms in total. The highest BCUT2D eigenvalue weighted by Gasteiger charge is 2.25. The minimum Gasteiger partial charge on any atom is -0.492 e. The number of carbonyl (C=O) groups is 1. The molecular weight excluding hydrogens is 488 g/mol. The zero-order chi connectivity index (χ0) is 26.6. The number of H-pyrrole nitrogens is 1. The summed E-state index contributed by atoms with van der Waals surface area (Å²) in [5.41, 5.74) is 3.93. The maximum Gasteiger partial charge on any atom is 0.256 e. The van der Waals surface area contributed by atoms with Crippen molar-refractivity contribution >= 4 is 28.3 Å². The number of rotatable bonds is 8. The fourth-order valence-electron chi connectivity index (χ4n) is 5.55. The molecule has 2 saturated heterocycles. The number of benzene rings is 3. The SMILES string of the molecule is CN1CCN(c2ccc(C(=O)Nc3n[nH]c4cc(OCC5CCCN5Cc5ccccc5)ccc34)cc2)CC1. The molecule has 0 bridgehead atoms. The summed E-state index contributed by atoms with van der Waals surface area (Å²) in [6.07, 6.45) is 2.34. The molecule has 3 heterocycles. The van der Waals surface area contributed by atoms with E-state index in [1.54, 1.807) is 0 Å². The van der Waals surface area contributed by atoms with Crippen LogP contribution < -0.4 is 15.0 Å². The van der Waals surface area contributed by atoms with Gasteiger partial charge in [0.05, 0.1) is 5.52 Å². The van der Waals surface area contributed by atoms with E-state index in [2.05, 4.69) is 67.6 Å². The van der Waals surface area contributed by atoms with Crippen LogP contribution in [0.1, 0.15) is 28.8 Å². The van der Waals surface area contributed by atoms with Gasteiger partial charge in [-0.15, -0.1) is 0 Å². The van der Waals surface area contributed by atoms with Gasteiger partial charge in [0.1, 0.15) is 12.4 Å². The molecule has 2 N–H and O–H groups in total. The molecule has 0 radical (unpaired) electrons.